The van der Waals surface area contributed by atoms with Gasteiger partial charge in [-0.1, -0.05) is 12.1 Å². The molecule has 8 heteroatoms. The van der Waals surface area contributed by atoms with Gasteiger partial charge in [0.05, 0.1) is 23.8 Å². The molecule has 0 N–H and O–H groups in total. The Morgan fingerprint density at radius 3 is 2.96 bits per heavy atom. The van der Waals surface area contributed by atoms with Gasteiger partial charge in [-0.25, -0.2) is 4.98 Å². The number of rotatable bonds is 5. The van der Waals surface area contributed by atoms with Gasteiger partial charge in [-0.3, -0.25) is 14.2 Å². The molecule has 8 nitrogen and oxygen atoms in total. The highest BCUT2D eigenvalue weighted by Gasteiger charge is 2.25. The molecule has 0 bridgehead atoms. The smallest absolute Gasteiger partial charge is 0.261 e. The first-order chi connectivity index (χ1) is 13.7. The van der Waals surface area contributed by atoms with Crippen LogP contribution in [0.3, 0.4) is 0 Å². The number of hydrogen-bond donors (Lipinski definition) is 0. The van der Waals surface area contributed by atoms with Crippen molar-refractivity contribution in [2.75, 3.05) is 13.1 Å². The molecule has 1 amide bonds. The summed E-state index contributed by atoms with van der Waals surface area (Å²) < 4.78 is 7.33. The van der Waals surface area contributed by atoms with Gasteiger partial charge in [0, 0.05) is 31.8 Å². The standard InChI is InChI=1S/C20H21N5O3/c26-19(9-12-25-14-21-17-7-2-1-6-16(17)20(25)27)24-11-4-5-15(13-24)28-18-8-3-10-22-23-18/h1-3,6-8,10,14-15H,4-5,9,11-13H2. The van der Waals surface area contributed by atoms with Gasteiger partial charge in [0.15, 0.2) is 0 Å². The Morgan fingerprint density at radius 1 is 1.21 bits per heavy atom. The molecule has 1 atom stereocenters. The summed E-state index contributed by atoms with van der Waals surface area (Å²) in [6, 6.07) is 10.7. The van der Waals surface area contributed by atoms with E-state index in [1.165, 1.54) is 10.9 Å². The van der Waals surface area contributed by atoms with Crippen LogP contribution in [0.25, 0.3) is 10.9 Å². The first kappa shape index (κ1) is 18.1. The highest BCUT2D eigenvalue weighted by atomic mass is 16.5. The zero-order chi connectivity index (χ0) is 19.3. The fraction of sp³-hybridized carbons (Fsp3) is 0.350. The van der Waals surface area contributed by atoms with Crippen molar-refractivity contribution < 1.29 is 9.53 Å². The third-order valence-corrected chi connectivity index (χ3v) is 4.86. The Morgan fingerprint density at radius 2 is 2.11 bits per heavy atom. The number of aromatic nitrogens is 4. The summed E-state index contributed by atoms with van der Waals surface area (Å²) in [6.45, 7) is 1.52. The summed E-state index contributed by atoms with van der Waals surface area (Å²) in [5.74, 6) is 0.475. The molecule has 1 aliphatic heterocycles. The summed E-state index contributed by atoms with van der Waals surface area (Å²) >= 11 is 0. The third-order valence-electron chi connectivity index (χ3n) is 4.86. The topological polar surface area (TPSA) is 90.2 Å². The zero-order valence-corrected chi connectivity index (χ0v) is 15.4. The normalized spacial score (nSPS) is 16.9. The maximum atomic E-state index is 12.7. The second-order valence-electron chi connectivity index (χ2n) is 6.79. The molecule has 0 saturated carbocycles. The van der Waals surface area contributed by atoms with E-state index in [0.29, 0.717) is 36.4 Å². The van der Waals surface area contributed by atoms with E-state index in [-0.39, 0.29) is 24.0 Å². The molecule has 0 spiro atoms. The predicted molar refractivity (Wildman–Crippen MR) is 103 cm³/mol. The number of piperidine rings is 1. The average molecular weight is 379 g/mol. The van der Waals surface area contributed by atoms with Crippen LogP contribution in [0.1, 0.15) is 19.3 Å². The molecule has 1 fully saturated rings. The number of carbonyl (C=O) groups is 1. The fourth-order valence-corrected chi connectivity index (χ4v) is 3.42. The van der Waals surface area contributed by atoms with E-state index in [2.05, 4.69) is 15.2 Å². The van der Waals surface area contributed by atoms with E-state index >= 15 is 0 Å². The number of nitrogens with zero attached hydrogens (tertiary/aromatic N) is 5. The first-order valence-corrected chi connectivity index (χ1v) is 9.37. The molecule has 0 aliphatic carbocycles. The molecular weight excluding hydrogens is 358 g/mol. The maximum Gasteiger partial charge on any atom is 0.261 e. The van der Waals surface area contributed by atoms with Gasteiger partial charge in [-0.15, -0.1) is 5.10 Å². The van der Waals surface area contributed by atoms with Crippen LogP contribution in [0.2, 0.25) is 0 Å². The summed E-state index contributed by atoms with van der Waals surface area (Å²) in [6.07, 6.45) is 4.99. The lowest BCUT2D eigenvalue weighted by molar-refractivity contribution is -0.134. The molecule has 3 aromatic rings. The molecule has 1 aliphatic rings. The number of aryl methyl sites for hydroxylation is 1. The third kappa shape index (κ3) is 4.00. The van der Waals surface area contributed by atoms with E-state index in [9.17, 15) is 9.59 Å². The maximum absolute atomic E-state index is 12.7. The first-order valence-electron chi connectivity index (χ1n) is 9.37. The number of ether oxygens (including phenoxy) is 1. The molecule has 4 rings (SSSR count). The Kier molecular flexibility index (Phi) is 5.27. The van der Waals surface area contributed by atoms with Gasteiger partial charge in [0.25, 0.3) is 5.56 Å². The van der Waals surface area contributed by atoms with Crippen LogP contribution in [-0.4, -0.2) is 49.7 Å². The van der Waals surface area contributed by atoms with Crippen molar-refractivity contribution in [2.45, 2.75) is 31.9 Å². The second-order valence-corrected chi connectivity index (χ2v) is 6.79. The zero-order valence-electron chi connectivity index (χ0n) is 15.4. The lowest BCUT2D eigenvalue weighted by Crippen LogP contribution is -2.44. The molecule has 2 aromatic heterocycles. The van der Waals surface area contributed by atoms with Crippen LogP contribution in [0.5, 0.6) is 5.88 Å². The van der Waals surface area contributed by atoms with Crippen molar-refractivity contribution in [1.29, 1.82) is 0 Å². The number of likely N-dealkylation sites (tertiary alicyclic amines) is 1. The van der Waals surface area contributed by atoms with Crippen molar-refractivity contribution in [3.05, 3.63) is 59.3 Å². The fourth-order valence-electron chi connectivity index (χ4n) is 3.42. The molecule has 1 unspecified atom stereocenters. The Bertz CT molecular complexity index is 1020. The predicted octanol–water partition coefficient (Wildman–Crippen LogP) is 1.65. The monoisotopic (exact) mass is 379 g/mol. The van der Waals surface area contributed by atoms with Gasteiger partial charge in [-0.2, -0.15) is 5.10 Å². The number of amides is 1. The SMILES string of the molecule is O=C(CCn1cnc2ccccc2c1=O)N1CCCC(Oc2cccnn2)C1. The molecule has 3 heterocycles. The van der Waals surface area contributed by atoms with Gasteiger partial charge >= 0.3 is 0 Å². The lowest BCUT2D eigenvalue weighted by atomic mass is 10.1. The van der Waals surface area contributed by atoms with Gasteiger partial charge in [0.2, 0.25) is 11.8 Å². The summed E-state index contributed by atoms with van der Waals surface area (Å²) in [5.41, 5.74) is 0.538. The number of para-hydroxylation sites is 1. The van der Waals surface area contributed by atoms with Crippen LogP contribution in [0.4, 0.5) is 0 Å². The van der Waals surface area contributed by atoms with Crippen LogP contribution in [-0.2, 0) is 11.3 Å². The summed E-state index contributed by atoms with van der Waals surface area (Å²) in [5, 5.41) is 8.30. The highest BCUT2D eigenvalue weighted by molar-refractivity contribution is 5.77. The lowest BCUT2D eigenvalue weighted by Gasteiger charge is -2.32. The van der Waals surface area contributed by atoms with E-state index in [1.54, 1.807) is 35.4 Å². The molecular formula is C20H21N5O3. The van der Waals surface area contributed by atoms with Crippen molar-refractivity contribution in [3.63, 3.8) is 0 Å². The quantitative estimate of drug-likeness (QED) is 0.670. The molecule has 1 aromatic carbocycles. The largest absolute Gasteiger partial charge is 0.471 e. The average Bonchev–Trinajstić information content (AvgIpc) is 2.74. The Balaban J connectivity index is 1.37. The van der Waals surface area contributed by atoms with Gasteiger partial charge in [0.1, 0.15) is 6.10 Å². The van der Waals surface area contributed by atoms with E-state index in [1.807, 2.05) is 12.1 Å². The van der Waals surface area contributed by atoms with Crippen LogP contribution in [0, 0.1) is 0 Å². The van der Waals surface area contributed by atoms with Crippen molar-refractivity contribution in [2.24, 2.45) is 0 Å². The number of benzene rings is 1. The molecule has 144 valence electrons. The number of carbonyl (C=O) groups excluding carboxylic acids is 1. The summed E-state index contributed by atoms with van der Waals surface area (Å²) in [4.78, 5) is 31.3. The number of hydrogen-bond acceptors (Lipinski definition) is 6. The van der Waals surface area contributed by atoms with Crippen LogP contribution in [0.15, 0.2) is 53.7 Å². The van der Waals surface area contributed by atoms with Crippen LogP contribution < -0.4 is 10.3 Å². The van der Waals surface area contributed by atoms with E-state index in [4.69, 9.17) is 4.74 Å². The molecule has 0 radical (unpaired) electrons. The summed E-state index contributed by atoms with van der Waals surface area (Å²) in [7, 11) is 0. The van der Waals surface area contributed by atoms with Gasteiger partial charge in [-0.05, 0) is 31.0 Å². The minimum atomic E-state index is -0.124. The number of fused-ring (bicyclic) bond motifs is 1. The minimum absolute atomic E-state index is 0.00695. The molecule has 1 saturated heterocycles. The second kappa shape index (κ2) is 8.16. The van der Waals surface area contributed by atoms with Gasteiger partial charge < -0.3 is 9.64 Å². The van der Waals surface area contributed by atoms with Crippen molar-refractivity contribution >= 4 is 16.8 Å². The Hall–Kier alpha value is -3.29. The highest BCUT2D eigenvalue weighted by Crippen LogP contribution is 2.17. The van der Waals surface area contributed by atoms with Crippen molar-refractivity contribution in [3.8, 4) is 5.88 Å². The molecule has 28 heavy (non-hydrogen) atoms. The Labute approximate surface area is 161 Å². The van der Waals surface area contributed by atoms with E-state index in [0.717, 1.165) is 12.8 Å². The minimum Gasteiger partial charge on any atom is -0.471 e. The van der Waals surface area contributed by atoms with E-state index < -0.39 is 0 Å². The van der Waals surface area contributed by atoms with Crippen molar-refractivity contribution in [1.82, 2.24) is 24.6 Å². The van der Waals surface area contributed by atoms with Crippen LogP contribution >= 0.6 is 0 Å².